The summed E-state index contributed by atoms with van der Waals surface area (Å²) in [5.41, 5.74) is -3.37. The van der Waals surface area contributed by atoms with Crippen molar-refractivity contribution in [3.8, 4) is 5.88 Å². The Morgan fingerprint density at radius 2 is 2.06 bits per heavy atom. The minimum absolute atomic E-state index is 0.0523. The minimum atomic E-state index is -4.84. The van der Waals surface area contributed by atoms with Gasteiger partial charge in [0.25, 0.3) is 0 Å². The van der Waals surface area contributed by atoms with E-state index < -0.39 is 58.9 Å². The fraction of sp³-hybridized carbons (Fsp3) is 0.391. The van der Waals surface area contributed by atoms with E-state index in [1.54, 1.807) is 12.1 Å². The molecule has 3 fully saturated rings. The molecule has 0 radical (unpaired) electrons. The van der Waals surface area contributed by atoms with Crippen LogP contribution in [0.5, 0.6) is 5.88 Å². The molecule has 2 unspecified atom stereocenters. The Balaban J connectivity index is 1.43. The van der Waals surface area contributed by atoms with Crippen molar-refractivity contribution in [2.75, 3.05) is 11.5 Å². The van der Waals surface area contributed by atoms with Gasteiger partial charge in [0.15, 0.2) is 5.69 Å². The van der Waals surface area contributed by atoms with Gasteiger partial charge in [-0.15, -0.1) is 0 Å². The number of aliphatic hydroxyl groups excluding tert-OH is 1. The normalized spacial score (nSPS) is 29.4. The number of aliphatic hydroxyl groups is 1. The van der Waals surface area contributed by atoms with E-state index in [1.807, 2.05) is 0 Å². The average molecular weight is 508 g/mol. The van der Waals surface area contributed by atoms with Gasteiger partial charge in [-0.05, 0) is 18.2 Å². The molecule has 2 bridgehead atoms. The number of carbonyl (C=O) groups is 2. The van der Waals surface area contributed by atoms with Crippen LogP contribution < -0.4 is 9.64 Å². The lowest BCUT2D eigenvalue weighted by Gasteiger charge is -2.32. The summed E-state index contributed by atoms with van der Waals surface area (Å²) in [7, 11) is 0. The molecule has 0 saturated carbocycles. The molecule has 3 aliphatic rings. The van der Waals surface area contributed by atoms with Gasteiger partial charge in [-0.25, -0.2) is 14.7 Å². The van der Waals surface area contributed by atoms with Crippen LogP contribution in [0.4, 0.5) is 24.5 Å². The number of anilines is 1. The zero-order valence-corrected chi connectivity index (χ0v) is 18.6. The number of amides is 2. The summed E-state index contributed by atoms with van der Waals surface area (Å²) in [6.07, 6.45) is -5.20. The molecular formula is C23H17ClF3N3O5. The number of hydrogen-bond donors (Lipinski definition) is 1. The smallest absolute Gasteiger partial charge is 0.407 e. The van der Waals surface area contributed by atoms with Crippen molar-refractivity contribution >= 4 is 34.8 Å². The van der Waals surface area contributed by atoms with Crippen molar-refractivity contribution in [1.29, 1.82) is 0 Å². The van der Waals surface area contributed by atoms with Crippen LogP contribution in [0.25, 0.3) is 4.85 Å². The number of benzene rings is 1. The molecule has 1 N–H and O–H groups in total. The third-order valence-corrected chi connectivity index (χ3v) is 6.94. The van der Waals surface area contributed by atoms with Crippen LogP contribution in [0.3, 0.4) is 0 Å². The maximum atomic E-state index is 13.5. The maximum absolute atomic E-state index is 13.5. The van der Waals surface area contributed by atoms with E-state index in [4.69, 9.17) is 27.6 Å². The number of rotatable bonds is 5. The molecule has 12 heteroatoms. The molecule has 4 heterocycles. The molecule has 0 spiro atoms. The van der Waals surface area contributed by atoms with E-state index >= 15 is 0 Å². The van der Waals surface area contributed by atoms with Crippen LogP contribution in [-0.2, 0) is 20.5 Å². The average Bonchev–Trinajstić information content (AvgIpc) is 3.40. The molecule has 0 aliphatic carbocycles. The lowest BCUT2D eigenvalue weighted by Crippen LogP contribution is -2.45. The maximum Gasteiger partial charge on any atom is 0.407 e. The number of nitrogens with zero attached hydrogens (tertiary/aromatic N) is 3. The highest BCUT2D eigenvalue weighted by molar-refractivity contribution is 6.30. The van der Waals surface area contributed by atoms with Gasteiger partial charge in [0.05, 0.1) is 53.4 Å². The molecule has 2 amide bonds. The van der Waals surface area contributed by atoms with E-state index in [9.17, 15) is 27.9 Å². The van der Waals surface area contributed by atoms with Crippen LogP contribution in [0.2, 0.25) is 5.02 Å². The number of aromatic nitrogens is 1. The molecule has 5 atom stereocenters. The summed E-state index contributed by atoms with van der Waals surface area (Å²) in [6.45, 7) is 7.04. The quantitative estimate of drug-likeness (QED) is 0.489. The van der Waals surface area contributed by atoms with Crippen LogP contribution >= 0.6 is 11.6 Å². The zero-order chi connectivity index (χ0) is 25.1. The summed E-state index contributed by atoms with van der Waals surface area (Å²) in [5.74, 6) is -3.18. The van der Waals surface area contributed by atoms with E-state index in [0.29, 0.717) is 16.0 Å². The third kappa shape index (κ3) is 3.73. The number of fused-ring (bicyclic) bond motifs is 5. The molecule has 35 heavy (non-hydrogen) atoms. The van der Waals surface area contributed by atoms with E-state index in [1.165, 1.54) is 6.20 Å². The first-order chi connectivity index (χ1) is 16.6. The SMILES string of the molecule is [C-]#[N+]c1ccc(N2C(=O)[C@@H]3C4OC(CCOc5ccc(Cl)cn5)(C[C@H]4O)[C@@H]3C2=O)cc1C(F)(F)F. The van der Waals surface area contributed by atoms with Gasteiger partial charge in [-0.2, -0.15) is 13.2 Å². The van der Waals surface area contributed by atoms with E-state index in [0.717, 1.165) is 12.1 Å². The highest BCUT2D eigenvalue weighted by Gasteiger charge is 2.72. The Bertz CT molecular complexity index is 1250. The zero-order valence-electron chi connectivity index (χ0n) is 17.8. The van der Waals surface area contributed by atoms with Crippen molar-refractivity contribution in [1.82, 2.24) is 4.98 Å². The first-order valence-electron chi connectivity index (χ1n) is 10.6. The summed E-state index contributed by atoms with van der Waals surface area (Å²) in [4.78, 5) is 34.3. The fourth-order valence-electron chi connectivity index (χ4n) is 5.29. The van der Waals surface area contributed by atoms with Gasteiger partial charge in [-0.1, -0.05) is 17.7 Å². The fourth-order valence-corrected chi connectivity index (χ4v) is 5.40. The molecular weight excluding hydrogens is 491 g/mol. The first-order valence-corrected chi connectivity index (χ1v) is 11.0. The Morgan fingerprint density at radius 1 is 1.29 bits per heavy atom. The monoisotopic (exact) mass is 507 g/mol. The predicted molar refractivity (Wildman–Crippen MR) is 115 cm³/mol. The molecule has 2 aromatic rings. The van der Waals surface area contributed by atoms with E-state index in [-0.39, 0.29) is 31.0 Å². The van der Waals surface area contributed by atoms with Crippen LogP contribution in [0.15, 0.2) is 36.5 Å². The lowest BCUT2D eigenvalue weighted by molar-refractivity contribution is -0.137. The minimum Gasteiger partial charge on any atom is -0.478 e. The second-order valence-electron chi connectivity index (χ2n) is 8.66. The predicted octanol–water partition coefficient (Wildman–Crippen LogP) is 3.78. The van der Waals surface area contributed by atoms with Gasteiger partial charge >= 0.3 is 6.18 Å². The summed E-state index contributed by atoms with van der Waals surface area (Å²) >= 11 is 5.81. The third-order valence-electron chi connectivity index (χ3n) is 6.72. The largest absolute Gasteiger partial charge is 0.478 e. The molecule has 3 aliphatic heterocycles. The summed E-state index contributed by atoms with van der Waals surface area (Å²) < 4.78 is 52.0. The number of ether oxygens (including phenoxy) is 2. The van der Waals surface area contributed by atoms with E-state index in [2.05, 4.69) is 9.83 Å². The Kier molecular flexibility index (Phi) is 5.51. The molecule has 8 nitrogen and oxygen atoms in total. The molecule has 5 rings (SSSR count). The number of halogens is 4. The molecule has 1 aromatic carbocycles. The van der Waals surface area contributed by atoms with Crippen molar-refractivity contribution < 1.29 is 37.3 Å². The summed E-state index contributed by atoms with van der Waals surface area (Å²) in [5, 5.41) is 10.9. The number of hydrogen-bond acceptors (Lipinski definition) is 6. The Hall–Kier alpha value is -3.20. The highest BCUT2D eigenvalue weighted by atomic mass is 35.5. The second kappa shape index (κ2) is 8.19. The van der Waals surface area contributed by atoms with Crippen molar-refractivity contribution in [3.05, 3.63) is 58.5 Å². The highest BCUT2D eigenvalue weighted by Crippen LogP contribution is 2.57. The topological polar surface area (TPSA) is 93.3 Å². The van der Waals surface area contributed by atoms with Crippen molar-refractivity contribution in [3.63, 3.8) is 0 Å². The molecule has 182 valence electrons. The van der Waals surface area contributed by atoms with Gasteiger partial charge < -0.3 is 14.6 Å². The van der Waals surface area contributed by atoms with Crippen molar-refractivity contribution in [2.45, 2.75) is 36.8 Å². The van der Waals surface area contributed by atoms with Gasteiger partial charge in [0.1, 0.15) is 0 Å². The second-order valence-corrected chi connectivity index (χ2v) is 9.09. The summed E-state index contributed by atoms with van der Waals surface area (Å²) in [6, 6.07) is 5.85. The Morgan fingerprint density at radius 3 is 2.71 bits per heavy atom. The van der Waals surface area contributed by atoms with Crippen LogP contribution in [0, 0.1) is 18.4 Å². The lowest BCUT2D eigenvalue weighted by atomic mass is 9.70. The number of alkyl halides is 3. The van der Waals surface area contributed by atoms with Crippen LogP contribution in [0.1, 0.15) is 18.4 Å². The van der Waals surface area contributed by atoms with Crippen molar-refractivity contribution in [2.24, 2.45) is 11.8 Å². The number of carbonyl (C=O) groups excluding carboxylic acids is 2. The van der Waals surface area contributed by atoms with Gasteiger partial charge in [0.2, 0.25) is 17.7 Å². The molecule has 1 aromatic heterocycles. The standard InChI is InChI=1S/C23H17ClF3N3O5/c1-28-14-4-3-12(8-13(14)23(25,26)27)30-20(32)17-18(21(30)33)22(9-15(31)19(17)35-22)6-7-34-16-5-2-11(24)10-29-16/h2-5,8,10,15,17-19,31H,6-7,9H2/t15-,17+,18+,19?,22?/m1/s1. The number of pyridine rings is 1. The first kappa shape index (κ1) is 23.5. The Labute approximate surface area is 202 Å². The molecule has 3 saturated heterocycles. The number of imide groups is 1. The van der Waals surface area contributed by atoms with Crippen LogP contribution in [-0.4, -0.2) is 46.3 Å². The van der Waals surface area contributed by atoms with Gasteiger partial charge in [-0.3, -0.25) is 9.59 Å². The van der Waals surface area contributed by atoms with Gasteiger partial charge in [0, 0.05) is 30.8 Å².